The molecule has 2 rings (SSSR count). The lowest BCUT2D eigenvalue weighted by molar-refractivity contribution is -0.135. The lowest BCUT2D eigenvalue weighted by Crippen LogP contribution is -2.39. The van der Waals surface area contributed by atoms with Gasteiger partial charge in [-0.15, -0.1) is 0 Å². The van der Waals surface area contributed by atoms with Crippen LogP contribution >= 0.6 is 0 Å². The number of nitrogens with zero attached hydrogens (tertiary/aromatic N) is 2. The third-order valence-electron chi connectivity index (χ3n) is 3.57. The molecule has 1 amide bonds. The number of rotatable bonds is 1. The van der Waals surface area contributed by atoms with Gasteiger partial charge in [-0.25, -0.2) is 0 Å². The predicted molar refractivity (Wildman–Crippen MR) is 56.9 cm³/mol. The zero-order valence-electron chi connectivity index (χ0n) is 9.33. The fourth-order valence-electron chi connectivity index (χ4n) is 2.34. The van der Waals surface area contributed by atoms with Crippen LogP contribution in [0.3, 0.4) is 0 Å². The average molecular weight is 206 g/mol. The topological polar surface area (TPSA) is 44.1 Å². The van der Waals surface area contributed by atoms with Crippen LogP contribution in [0.25, 0.3) is 0 Å². The molecule has 1 saturated heterocycles. The summed E-state index contributed by atoms with van der Waals surface area (Å²) in [6, 6.07) is 2.19. The van der Waals surface area contributed by atoms with E-state index in [4.69, 9.17) is 5.26 Å². The van der Waals surface area contributed by atoms with Crippen LogP contribution in [0.1, 0.15) is 39.0 Å². The summed E-state index contributed by atoms with van der Waals surface area (Å²) in [5, 5.41) is 9.00. The van der Waals surface area contributed by atoms with Gasteiger partial charge in [0.1, 0.15) is 5.41 Å². The molecule has 1 aliphatic heterocycles. The monoisotopic (exact) mass is 206 g/mol. The molecule has 1 aliphatic carbocycles. The van der Waals surface area contributed by atoms with Crippen molar-refractivity contribution < 1.29 is 4.79 Å². The molecule has 3 nitrogen and oxygen atoms in total. The van der Waals surface area contributed by atoms with Gasteiger partial charge in [-0.2, -0.15) is 5.26 Å². The van der Waals surface area contributed by atoms with Crippen LogP contribution in [0.2, 0.25) is 0 Å². The van der Waals surface area contributed by atoms with Crippen LogP contribution in [0, 0.1) is 22.7 Å². The molecule has 1 unspecified atom stereocenters. The SMILES string of the molecule is CC1CCCCN(C(=O)C2(C#N)CC2)C1. The van der Waals surface area contributed by atoms with Gasteiger partial charge >= 0.3 is 0 Å². The molecule has 0 radical (unpaired) electrons. The molecule has 3 heteroatoms. The Kier molecular flexibility index (Phi) is 2.68. The second kappa shape index (κ2) is 3.84. The van der Waals surface area contributed by atoms with Gasteiger partial charge in [-0.05, 0) is 31.6 Å². The van der Waals surface area contributed by atoms with Crippen LogP contribution in [0.4, 0.5) is 0 Å². The fraction of sp³-hybridized carbons (Fsp3) is 0.833. The van der Waals surface area contributed by atoms with E-state index in [1.54, 1.807) is 0 Å². The van der Waals surface area contributed by atoms with E-state index in [-0.39, 0.29) is 5.91 Å². The highest BCUT2D eigenvalue weighted by Crippen LogP contribution is 2.46. The molecular weight excluding hydrogens is 188 g/mol. The maximum absolute atomic E-state index is 12.1. The number of likely N-dealkylation sites (tertiary alicyclic amines) is 1. The Balaban J connectivity index is 2.03. The number of carbonyl (C=O) groups excluding carboxylic acids is 1. The van der Waals surface area contributed by atoms with Crippen molar-refractivity contribution in [2.75, 3.05) is 13.1 Å². The number of carbonyl (C=O) groups is 1. The molecule has 1 saturated carbocycles. The Morgan fingerprint density at radius 1 is 1.47 bits per heavy atom. The van der Waals surface area contributed by atoms with Crippen molar-refractivity contribution in [1.29, 1.82) is 5.26 Å². The Labute approximate surface area is 91.1 Å². The van der Waals surface area contributed by atoms with Gasteiger partial charge in [0.2, 0.25) is 5.91 Å². The number of hydrogen-bond donors (Lipinski definition) is 0. The van der Waals surface area contributed by atoms with Gasteiger partial charge in [0, 0.05) is 13.1 Å². The third kappa shape index (κ3) is 1.99. The molecule has 2 fully saturated rings. The standard InChI is InChI=1S/C12H18N2O/c1-10-4-2-3-7-14(8-10)11(15)12(9-13)5-6-12/h10H,2-8H2,1H3. The Hall–Kier alpha value is -1.04. The predicted octanol–water partition coefficient (Wildman–Crippen LogP) is 1.94. The molecule has 15 heavy (non-hydrogen) atoms. The molecule has 1 atom stereocenters. The normalized spacial score (nSPS) is 29.1. The number of hydrogen-bond acceptors (Lipinski definition) is 2. The molecule has 0 aromatic rings. The van der Waals surface area contributed by atoms with Crippen molar-refractivity contribution in [3.8, 4) is 6.07 Å². The quantitative estimate of drug-likeness (QED) is 0.658. The highest BCUT2D eigenvalue weighted by atomic mass is 16.2. The van der Waals surface area contributed by atoms with Crippen molar-refractivity contribution in [3.63, 3.8) is 0 Å². The first-order chi connectivity index (χ1) is 7.18. The molecule has 0 N–H and O–H groups in total. The van der Waals surface area contributed by atoms with E-state index in [1.165, 1.54) is 12.8 Å². The van der Waals surface area contributed by atoms with Crippen LogP contribution in [0.15, 0.2) is 0 Å². The molecule has 0 aromatic heterocycles. The Morgan fingerprint density at radius 2 is 2.20 bits per heavy atom. The van der Waals surface area contributed by atoms with Crippen molar-refractivity contribution in [2.24, 2.45) is 11.3 Å². The minimum Gasteiger partial charge on any atom is -0.341 e. The van der Waals surface area contributed by atoms with E-state index < -0.39 is 5.41 Å². The molecular formula is C12H18N2O. The average Bonchev–Trinajstić information content (AvgIpc) is 3.02. The summed E-state index contributed by atoms with van der Waals surface area (Å²) in [4.78, 5) is 14.0. The highest BCUT2D eigenvalue weighted by Gasteiger charge is 2.52. The van der Waals surface area contributed by atoms with Crippen molar-refractivity contribution in [3.05, 3.63) is 0 Å². The van der Waals surface area contributed by atoms with E-state index in [0.29, 0.717) is 5.92 Å². The second-order valence-corrected chi connectivity index (χ2v) is 5.05. The van der Waals surface area contributed by atoms with Crippen molar-refractivity contribution in [2.45, 2.75) is 39.0 Å². The van der Waals surface area contributed by atoms with Gasteiger partial charge in [0.15, 0.2) is 0 Å². The van der Waals surface area contributed by atoms with Gasteiger partial charge in [-0.1, -0.05) is 13.3 Å². The van der Waals surface area contributed by atoms with Crippen molar-refractivity contribution >= 4 is 5.91 Å². The van der Waals surface area contributed by atoms with E-state index in [2.05, 4.69) is 13.0 Å². The van der Waals surface area contributed by atoms with Gasteiger partial charge in [0.05, 0.1) is 6.07 Å². The lowest BCUT2D eigenvalue weighted by atomic mass is 10.0. The summed E-state index contributed by atoms with van der Waals surface area (Å²) in [5.41, 5.74) is -0.621. The fourth-order valence-corrected chi connectivity index (χ4v) is 2.34. The van der Waals surface area contributed by atoms with E-state index >= 15 is 0 Å². The largest absolute Gasteiger partial charge is 0.341 e. The first-order valence-corrected chi connectivity index (χ1v) is 5.88. The molecule has 0 bridgehead atoms. The summed E-state index contributed by atoms with van der Waals surface area (Å²) in [6.07, 6.45) is 5.06. The minimum atomic E-state index is -0.621. The number of nitriles is 1. The summed E-state index contributed by atoms with van der Waals surface area (Å²) in [5.74, 6) is 0.685. The highest BCUT2D eigenvalue weighted by molar-refractivity contribution is 5.88. The molecule has 0 aromatic carbocycles. The summed E-state index contributed by atoms with van der Waals surface area (Å²) < 4.78 is 0. The zero-order chi connectivity index (χ0) is 10.9. The summed E-state index contributed by atoms with van der Waals surface area (Å²) in [7, 11) is 0. The zero-order valence-corrected chi connectivity index (χ0v) is 9.33. The smallest absolute Gasteiger partial charge is 0.243 e. The van der Waals surface area contributed by atoms with Crippen LogP contribution < -0.4 is 0 Å². The maximum atomic E-state index is 12.1. The second-order valence-electron chi connectivity index (χ2n) is 5.05. The summed E-state index contributed by atoms with van der Waals surface area (Å²) in [6.45, 7) is 3.90. The Bertz CT molecular complexity index is 301. The Morgan fingerprint density at radius 3 is 2.80 bits per heavy atom. The summed E-state index contributed by atoms with van der Waals surface area (Å²) >= 11 is 0. The van der Waals surface area contributed by atoms with Crippen LogP contribution in [0.5, 0.6) is 0 Å². The van der Waals surface area contributed by atoms with Gasteiger partial charge < -0.3 is 4.90 Å². The molecule has 2 aliphatic rings. The lowest BCUT2D eigenvalue weighted by Gasteiger charge is -2.24. The third-order valence-corrected chi connectivity index (χ3v) is 3.57. The minimum absolute atomic E-state index is 0.0961. The van der Waals surface area contributed by atoms with Gasteiger partial charge in [-0.3, -0.25) is 4.79 Å². The van der Waals surface area contributed by atoms with Crippen LogP contribution in [-0.4, -0.2) is 23.9 Å². The van der Waals surface area contributed by atoms with Gasteiger partial charge in [0.25, 0.3) is 0 Å². The maximum Gasteiger partial charge on any atom is 0.243 e. The first kappa shape index (κ1) is 10.5. The molecule has 0 spiro atoms. The van der Waals surface area contributed by atoms with E-state index in [0.717, 1.165) is 32.4 Å². The van der Waals surface area contributed by atoms with Crippen molar-refractivity contribution in [1.82, 2.24) is 4.90 Å². The van der Waals surface area contributed by atoms with E-state index in [1.807, 2.05) is 4.90 Å². The first-order valence-electron chi connectivity index (χ1n) is 5.88. The molecule has 1 heterocycles. The van der Waals surface area contributed by atoms with E-state index in [9.17, 15) is 4.79 Å². The van der Waals surface area contributed by atoms with Crippen LogP contribution in [-0.2, 0) is 4.79 Å². The molecule has 82 valence electrons. The number of amides is 1.